The molecule has 0 amide bonds. The summed E-state index contributed by atoms with van der Waals surface area (Å²) in [5, 5.41) is 10.8. The van der Waals surface area contributed by atoms with Crippen LogP contribution in [0.15, 0.2) is 76.2 Å². The lowest BCUT2D eigenvalue weighted by Crippen LogP contribution is -2.42. The first-order valence-electron chi connectivity index (χ1n) is 10.2. The standard InChI is InChI=1S/C25H21ClN4O/c1-25(2)11-19-22(20(31)12-25)21(14-6-5-7-15(26)10-14)17(13-27)24-29-23(28)16-8-3-4-9-18(16)30(19)24/h3-10,21H,11-12H2,1-2H3,(H2,28,29)/t21-/m1/s1. The second kappa shape index (κ2) is 6.83. The van der Waals surface area contributed by atoms with Gasteiger partial charge in [0, 0.05) is 28.3 Å². The molecular weight excluding hydrogens is 408 g/mol. The largest absolute Gasteiger partial charge is 0.383 e. The van der Waals surface area contributed by atoms with Gasteiger partial charge in [-0.1, -0.05) is 49.7 Å². The highest BCUT2D eigenvalue weighted by molar-refractivity contribution is 6.30. The van der Waals surface area contributed by atoms with Gasteiger partial charge in [-0.2, -0.15) is 5.26 Å². The van der Waals surface area contributed by atoms with Crippen molar-refractivity contribution in [2.24, 2.45) is 16.1 Å². The Hall–Kier alpha value is -3.36. The molecule has 2 N–H and O–H groups in total. The van der Waals surface area contributed by atoms with E-state index in [-0.39, 0.29) is 11.2 Å². The average Bonchev–Trinajstić information content (AvgIpc) is 2.72. The van der Waals surface area contributed by atoms with Crippen LogP contribution >= 0.6 is 11.6 Å². The van der Waals surface area contributed by atoms with Gasteiger partial charge in [0.05, 0.1) is 23.2 Å². The predicted octanol–water partition coefficient (Wildman–Crippen LogP) is 5.04. The lowest BCUT2D eigenvalue weighted by atomic mass is 9.68. The van der Waals surface area contributed by atoms with Crippen LogP contribution in [-0.4, -0.2) is 11.6 Å². The molecule has 6 heteroatoms. The van der Waals surface area contributed by atoms with Crippen LogP contribution in [0.1, 0.15) is 43.7 Å². The molecule has 0 aromatic heterocycles. The molecule has 2 aromatic carbocycles. The number of amidine groups is 1. The number of anilines is 1. The smallest absolute Gasteiger partial charge is 0.162 e. The summed E-state index contributed by atoms with van der Waals surface area (Å²) in [5.41, 5.74) is 10.5. The van der Waals surface area contributed by atoms with Crippen LogP contribution in [0.25, 0.3) is 0 Å². The van der Waals surface area contributed by atoms with E-state index < -0.39 is 5.92 Å². The van der Waals surface area contributed by atoms with Crippen molar-refractivity contribution in [1.82, 2.24) is 0 Å². The number of carbonyl (C=O) groups excluding carboxylic acids is 1. The number of nitrogens with zero attached hydrogens (tertiary/aromatic N) is 3. The fourth-order valence-corrected chi connectivity index (χ4v) is 5.11. The van der Waals surface area contributed by atoms with Crippen molar-refractivity contribution in [3.63, 3.8) is 0 Å². The third-order valence-electron chi connectivity index (χ3n) is 6.15. The molecule has 0 radical (unpaired) electrons. The minimum Gasteiger partial charge on any atom is -0.383 e. The molecule has 0 saturated heterocycles. The van der Waals surface area contributed by atoms with Crippen LogP contribution in [0.5, 0.6) is 0 Å². The predicted molar refractivity (Wildman–Crippen MR) is 122 cm³/mol. The summed E-state index contributed by atoms with van der Waals surface area (Å²) < 4.78 is 0. The second-order valence-electron chi connectivity index (χ2n) is 8.99. The Morgan fingerprint density at radius 3 is 2.71 bits per heavy atom. The highest BCUT2D eigenvalue weighted by Gasteiger charge is 2.46. The van der Waals surface area contributed by atoms with E-state index in [1.54, 1.807) is 6.07 Å². The molecule has 0 unspecified atom stereocenters. The molecule has 154 valence electrons. The molecule has 2 aromatic rings. The zero-order chi connectivity index (χ0) is 21.9. The number of hydrogen-bond acceptors (Lipinski definition) is 5. The van der Waals surface area contributed by atoms with E-state index in [0.29, 0.717) is 40.7 Å². The van der Waals surface area contributed by atoms with Crippen molar-refractivity contribution >= 4 is 28.9 Å². The molecule has 0 bridgehead atoms. The maximum absolute atomic E-state index is 13.5. The van der Waals surface area contributed by atoms with Crippen molar-refractivity contribution in [3.8, 4) is 6.07 Å². The number of hydrogen-bond donors (Lipinski definition) is 1. The lowest BCUT2D eigenvalue weighted by Gasteiger charge is -2.45. The molecule has 1 atom stereocenters. The van der Waals surface area contributed by atoms with Gasteiger partial charge >= 0.3 is 0 Å². The molecule has 2 aliphatic heterocycles. The number of Topliss-reactive ketones (excluding diaryl/α,β-unsaturated/α-hetero) is 1. The van der Waals surface area contributed by atoms with Gasteiger partial charge in [0.2, 0.25) is 0 Å². The van der Waals surface area contributed by atoms with E-state index in [2.05, 4.69) is 24.9 Å². The Morgan fingerprint density at radius 1 is 1.19 bits per heavy atom. The van der Waals surface area contributed by atoms with E-state index >= 15 is 0 Å². The third-order valence-corrected chi connectivity index (χ3v) is 6.38. The third kappa shape index (κ3) is 2.98. The minimum atomic E-state index is -0.518. The number of nitriles is 1. The summed E-state index contributed by atoms with van der Waals surface area (Å²) in [4.78, 5) is 20.1. The second-order valence-corrected chi connectivity index (χ2v) is 9.42. The first-order chi connectivity index (χ1) is 14.8. The lowest BCUT2D eigenvalue weighted by molar-refractivity contribution is -0.118. The number of aliphatic imine (C=N–C) groups is 1. The summed E-state index contributed by atoms with van der Waals surface area (Å²) >= 11 is 6.28. The van der Waals surface area contributed by atoms with Gasteiger partial charge in [0.25, 0.3) is 0 Å². The monoisotopic (exact) mass is 428 g/mol. The molecule has 0 fully saturated rings. The zero-order valence-corrected chi connectivity index (χ0v) is 18.1. The normalized spacial score (nSPS) is 21.7. The van der Waals surface area contributed by atoms with Crippen molar-refractivity contribution in [2.45, 2.75) is 32.6 Å². The topological polar surface area (TPSA) is 82.5 Å². The number of allylic oxidation sites excluding steroid dienone is 3. The summed E-state index contributed by atoms with van der Waals surface area (Å²) in [5.74, 6) is 0.399. The van der Waals surface area contributed by atoms with Crippen LogP contribution in [-0.2, 0) is 4.79 Å². The number of rotatable bonds is 1. The number of halogens is 1. The van der Waals surface area contributed by atoms with Crippen molar-refractivity contribution in [1.29, 1.82) is 5.26 Å². The highest BCUT2D eigenvalue weighted by Crippen LogP contribution is 2.52. The highest BCUT2D eigenvalue weighted by atomic mass is 35.5. The summed E-state index contributed by atoms with van der Waals surface area (Å²) in [7, 11) is 0. The van der Waals surface area contributed by atoms with Gasteiger partial charge in [-0.15, -0.1) is 0 Å². The summed E-state index contributed by atoms with van der Waals surface area (Å²) in [6.45, 7) is 4.19. The molecule has 3 aliphatic rings. The van der Waals surface area contributed by atoms with Crippen molar-refractivity contribution in [3.05, 3.63) is 87.3 Å². The average molecular weight is 429 g/mol. The Kier molecular flexibility index (Phi) is 4.32. The Morgan fingerprint density at radius 2 is 1.97 bits per heavy atom. The van der Waals surface area contributed by atoms with Gasteiger partial charge in [-0.3, -0.25) is 9.69 Å². The quantitative estimate of drug-likeness (QED) is 0.689. The van der Waals surface area contributed by atoms with E-state index in [9.17, 15) is 10.1 Å². The first kappa shape index (κ1) is 19.6. The van der Waals surface area contributed by atoms with Gasteiger partial charge < -0.3 is 5.73 Å². The molecular formula is C25H21ClN4O. The first-order valence-corrected chi connectivity index (χ1v) is 10.6. The maximum atomic E-state index is 13.5. The van der Waals surface area contributed by atoms with Crippen molar-refractivity contribution in [2.75, 3.05) is 4.90 Å². The van der Waals surface area contributed by atoms with E-state index in [4.69, 9.17) is 17.3 Å². The molecule has 5 nitrogen and oxygen atoms in total. The molecule has 0 saturated carbocycles. The summed E-state index contributed by atoms with van der Waals surface area (Å²) in [6.07, 6.45) is 1.12. The number of fused-ring (bicyclic) bond motifs is 4. The van der Waals surface area contributed by atoms with E-state index in [0.717, 1.165) is 22.5 Å². The molecule has 5 rings (SSSR count). The van der Waals surface area contributed by atoms with Crippen molar-refractivity contribution < 1.29 is 4.79 Å². The van der Waals surface area contributed by atoms with E-state index in [1.165, 1.54) is 0 Å². The van der Waals surface area contributed by atoms with Gasteiger partial charge in [-0.25, -0.2) is 4.99 Å². The van der Waals surface area contributed by atoms with Crippen LogP contribution < -0.4 is 10.6 Å². The Bertz CT molecular complexity index is 1280. The summed E-state index contributed by atoms with van der Waals surface area (Å²) in [6, 6.07) is 17.4. The Balaban J connectivity index is 1.86. The molecule has 31 heavy (non-hydrogen) atoms. The van der Waals surface area contributed by atoms with Crippen LogP contribution in [0.3, 0.4) is 0 Å². The number of nitrogens with two attached hydrogens (primary N) is 1. The minimum absolute atomic E-state index is 0.0584. The van der Waals surface area contributed by atoms with Crippen LogP contribution in [0.2, 0.25) is 5.02 Å². The number of benzene rings is 2. The van der Waals surface area contributed by atoms with Gasteiger partial charge in [-0.05, 0) is 41.7 Å². The number of carbonyl (C=O) groups is 1. The fourth-order valence-electron chi connectivity index (χ4n) is 4.91. The van der Waals surface area contributed by atoms with Gasteiger partial charge in [0.15, 0.2) is 11.6 Å². The molecule has 2 heterocycles. The van der Waals surface area contributed by atoms with Crippen LogP contribution in [0, 0.1) is 16.7 Å². The SMILES string of the molecule is CC1(C)CC(=O)C2=C(C1)N1C(=C(C#N)[C@H]2c2cccc(Cl)c2)N=C(N)c2ccccc21. The maximum Gasteiger partial charge on any atom is 0.162 e. The molecule has 1 aliphatic carbocycles. The van der Waals surface area contributed by atoms with E-state index in [1.807, 2.05) is 47.4 Å². The molecule has 0 spiro atoms. The van der Waals surface area contributed by atoms with Crippen LogP contribution in [0.4, 0.5) is 5.69 Å². The number of para-hydroxylation sites is 1. The van der Waals surface area contributed by atoms with Gasteiger partial charge in [0.1, 0.15) is 5.84 Å². The zero-order valence-electron chi connectivity index (χ0n) is 17.3. The Labute approximate surface area is 186 Å². The fraction of sp³-hybridized carbons (Fsp3) is 0.240. The number of ketones is 1.